The first-order chi connectivity index (χ1) is 32.7. The van der Waals surface area contributed by atoms with E-state index in [9.17, 15) is 0 Å². The standard InChI is InChI=1S/C65H45N/c1-4-19-46(20-5-1)49-23-16-24-51(43-49)59-32-13-15-36-64(59)66(56-30-17-25-52(44-56)58-34-18-22-48-21-10-11-31-57(48)58)55-40-37-47(38-41-55)50-39-42-61-60-33-12-14-35-62(60)65(63(61)45-50,53-26-6-2-7-27-53)54-28-8-3-9-29-54/h1-45H. The van der Waals surface area contributed by atoms with E-state index in [4.69, 9.17) is 0 Å². The van der Waals surface area contributed by atoms with Crippen LogP contribution in [-0.4, -0.2) is 0 Å². The summed E-state index contributed by atoms with van der Waals surface area (Å²) in [5, 5.41) is 2.48. The van der Waals surface area contributed by atoms with Crippen molar-refractivity contribution in [3.05, 3.63) is 295 Å². The van der Waals surface area contributed by atoms with Crippen LogP contribution in [0.3, 0.4) is 0 Å². The van der Waals surface area contributed by atoms with Crippen LogP contribution in [0.2, 0.25) is 0 Å². The molecule has 1 aliphatic carbocycles. The highest BCUT2D eigenvalue weighted by atomic mass is 15.1. The first-order valence-electron chi connectivity index (χ1n) is 22.8. The highest BCUT2D eigenvalue weighted by Crippen LogP contribution is 2.57. The van der Waals surface area contributed by atoms with Gasteiger partial charge in [-0.15, -0.1) is 0 Å². The summed E-state index contributed by atoms with van der Waals surface area (Å²) in [6.07, 6.45) is 0. The number of hydrogen-bond donors (Lipinski definition) is 0. The van der Waals surface area contributed by atoms with Crippen molar-refractivity contribution in [3.63, 3.8) is 0 Å². The van der Waals surface area contributed by atoms with Gasteiger partial charge in [0, 0.05) is 16.9 Å². The molecule has 310 valence electrons. The number of para-hydroxylation sites is 1. The summed E-state index contributed by atoms with van der Waals surface area (Å²) in [4.78, 5) is 2.43. The molecule has 0 N–H and O–H groups in total. The Morgan fingerprint density at radius 1 is 0.258 bits per heavy atom. The third kappa shape index (κ3) is 6.64. The minimum atomic E-state index is -0.460. The van der Waals surface area contributed by atoms with Gasteiger partial charge in [0.25, 0.3) is 0 Å². The molecule has 12 rings (SSSR count). The summed E-state index contributed by atoms with van der Waals surface area (Å²) in [5.74, 6) is 0. The Balaban J connectivity index is 1.01. The normalized spacial score (nSPS) is 12.4. The molecule has 1 nitrogen and oxygen atoms in total. The monoisotopic (exact) mass is 839 g/mol. The smallest absolute Gasteiger partial charge is 0.0713 e. The van der Waals surface area contributed by atoms with Crippen molar-refractivity contribution >= 4 is 27.8 Å². The van der Waals surface area contributed by atoms with Gasteiger partial charge in [-0.2, -0.15) is 0 Å². The molecule has 0 spiro atoms. The summed E-state index contributed by atoms with van der Waals surface area (Å²) >= 11 is 0. The van der Waals surface area contributed by atoms with Crippen molar-refractivity contribution in [2.45, 2.75) is 5.41 Å². The van der Waals surface area contributed by atoms with Crippen LogP contribution in [0.1, 0.15) is 22.3 Å². The van der Waals surface area contributed by atoms with Crippen LogP contribution >= 0.6 is 0 Å². The Morgan fingerprint density at radius 2 is 0.758 bits per heavy atom. The highest BCUT2D eigenvalue weighted by Gasteiger charge is 2.46. The quantitative estimate of drug-likeness (QED) is 0.140. The van der Waals surface area contributed by atoms with Gasteiger partial charge in [0.15, 0.2) is 0 Å². The predicted molar refractivity (Wildman–Crippen MR) is 278 cm³/mol. The molecule has 0 radical (unpaired) electrons. The van der Waals surface area contributed by atoms with Crippen molar-refractivity contribution < 1.29 is 0 Å². The van der Waals surface area contributed by atoms with Crippen molar-refractivity contribution in [1.29, 1.82) is 0 Å². The van der Waals surface area contributed by atoms with E-state index in [1.165, 1.54) is 83.1 Å². The van der Waals surface area contributed by atoms with E-state index in [0.717, 1.165) is 22.6 Å². The fraction of sp³-hybridized carbons (Fsp3) is 0.0154. The third-order valence-electron chi connectivity index (χ3n) is 13.5. The van der Waals surface area contributed by atoms with Gasteiger partial charge >= 0.3 is 0 Å². The molecule has 0 amide bonds. The first-order valence-corrected chi connectivity index (χ1v) is 22.8. The van der Waals surface area contributed by atoms with E-state index >= 15 is 0 Å². The Hall–Kier alpha value is -8.52. The van der Waals surface area contributed by atoms with Crippen LogP contribution in [0.25, 0.3) is 66.4 Å². The minimum Gasteiger partial charge on any atom is -0.310 e. The van der Waals surface area contributed by atoms with Crippen LogP contribution < -0.4 is 4.90 Å². The van der Waals surface area contributed by atoms with Crippen LogP contribution in [-0.2, 0) is 5.41 Å². The maximum Gasteiger partial charge on any atom is 0.0713 e. The number of anilines is 3. The predicted octanol–water partition coefficient (Wildman–Crippen LogP) is 17.3. The molecule has 0 saturated carbocycles. The molecular formula is C65H45N. The molecule has 66 heavy (non-hydrogen) atoms. The van der Waals surface area contributed by atoms with Gasteiger partial charge in [0.1, 0.15) is 0 Å². The maximum atomic E-state index is 2.45. The summed E-state index contributed by atoms with van der Waals surface area (Å²) in [6, 6.07) is 100. The lowest BCUT2D eigenvalue weighted by molar-refractivity contribution is 0.769. The van der Waals surface area contributed by atoms with Crippen molar-refractivity contribution in [1.82, 2.24) is 0 Å². The maximum absolute atomic E-state index is 2.45. The van der Waals surface area contributed by atoms with E-state index < -0.39 is 5.41 Å². The molecule has 0 atom stereocenters. The molecule has 0 aliphatic heterocycles. The molecule has 0 saturated heterocycles. The Bertz CT molecular complexity index is 3470. The van der Waals surface area contributed by atoms with Gasteiger partial charge in [-0.1, -0.05) is 231 Å². The number of fused-ring (bicyclic) bond motifs is 4. The lowest BCUT2D eigenvalue weighted by Gasteiger charge is -2.34. The molecule has 0 aromatic heterocycles. The number of benzene rings is 11. The molecule has 0 bridgehead atoms. The van der Waals surface area contributed by atoms with E-state index in [1.54, 1.807) is 0 Å². The second-order valence-electron chi connectivity index (χ2n) is 17.2. The lowest BCUT2D eigenvalue weighted by Crippen LogP contribution is -2.28. The molecular weight excluding hydrogens is 795 g/mol. The molecule has 1 aliphatic rings. The van der Waals surface area contributed by atoms with E-state index in [0.29, 0.717) is 0 Å². The van der Waals surface area contributed by atoms with Gasteiger partial charge in [0.2, 0.25) is 0 Å². The third-order valence-corrected chi connectivity index (χ3v) is 13.5. The average molecular weight is 840 g/mol. The summed E-state index contributed by atoms with van der Waals surface area (Å²) in [7, 11) is 0. The van der Waals surface area contributed by atoms with Crippen molar-refractivity contribution in [3.8, 4) is 55.6 Å². The highest BCUT2D eigenvalue weighted by molar-refractivity contribution is 5.98. The van der Waals surface area contributed by atoms with Crippen LogP contribution in [0.15, 0.2) is 273 Å². The number of nitrogens with zero attached hydrogens (tertiary/aromatic N) is 1. The summed E-state index contributed by atoms with van der Waals surface area (Å²) in [5.41, 5.74) is 20.0. The number of rotatable bonds is 9. The SMILES string of the molecule is c1ccc(-c2cccc(-c3ccccc3N(c3ccc(-c4ccc5c(c4)C(c4ccccc4)(c4ccccc4)c4ccccc4-5)cc3)c3cccc(-c4cccc5ccccc45)c3)c2)cc1. The van der Waals surface area contributed by atoms with Crippen molar-refractivity contribution in [2.75, 3.05) is 4.90 Å². The van der Waals surface area contributed by atoms with E-state index in [-0.39, 0.29) is 0 Å². The van der Waals surface area contributed by atoms with Gasteiger partial charge < -0.3 is 4.90 Å². The fourth-order valence-electron chi connectivity index (χ4n) is 10.6. The van der Waals surface area contributed by atoms with Crippen molar-refractivity contribution in [2.24, 2.45) is 0 Å². The average Bonchev–Trinajstić information content (AvgIpc) is 3.70. The van der Waals surface area contributed by atoms with Gasteiger partial charge in [0.05, 0.1) is 11.1 Å². The molecule has 0 fully saturated rings. The molecule has 0 unspecified atom stereocenters. The second-order valence-corrected chi connectivity index (χ2v) is 17.2. The van der Waals surface area contributed by atoms with Gasteiger partial charge in [-0.3, -0.25) is 0 Å². The molecule has 1 heteroatoms. The van der Waals surface area contributed by atoms with E-state index in [2.05, 4.69) is 278 Å². The van der Waals surface area contributed by atoms with E-state index in [1.807, 2.05) is 0 Å². The Kier molecular flexibility index (Phi) is 9.81. The summed E-state index contributed by atoms with van der Waals surface area (Å²) < 4.78 is 0. The van der Waals surface area contributed by atoms with Crippen LogP contribution in [0.4, 0.5) is 17.1 Å². The Morgan fingerprint density at radius 3 is 1.53 bits per heavy atom. The molecule has 11 aromatic rings. The Labute approximate surface area is 387 Å². The fourth-order valence-corrected chi connectivity index (χ4v) is 10.6. The zero-order valence-corrected chi connectivity index (χ0v) is 36.4. The van der Waals surface area contributed by atoms with Gasteiger partial charge in [-0.05, 0) is 126 Å². The largest absolute Gasteiger partial charge is 0.310 e. The lowest BCUT2D eigenvalue weighted by atomic mass is 9.67. The molecule has 11 aromatic carbocycles. The zero-order chi connectivity index (χ0) is 43.9. The van der Waals surface area contributed by atoms with Gasteiger partial charge in [-0.25, -0.2) is 0 Å². The topological polar surface area (TPSA) is 3.24 Å². The number of hydrogen-bond acceptors (Lipinski definition) is 1. The first kappa shape index (κ1) is 39.1. The zero-order valence-electron chi connectivity index (χ0n) is 36.4. The molecule has 0 heterocycles. The minimum absolute atomic E-state index is 0.460. The van der Waals surface area contributed by atoms with Crippen LogP contribution in [0, 0.1) is 0 Å². The second kappa shape index (κ2) is 16.6. The summed E-state index contributed by atoms with van der Waals surface area (Å²) in [6.45, 7) is 0. The van der Waals surface area contributed by atoms with Crippen LogP contribution in [0.5, 0.6) is 0 Å².